The summed E-state index contributed by atoms with van der Waals surface area (Å²) in [7, 11) is 0. The molecule has 1 aromatic carbocycles. The summed E-state index contributed by atoms with van der Waals surface area (Å²) < 4.78 is 13.7. The van der Waals surface area contributed by atoms with Gasteiger partial charge in [0.2, 0.25) is 0 Å². The smallest absolute Gasteiger partial charge is 0.254 e. The maximum atomic E-state index is 12.9. The molecule has 1 heterocycles. The number of hydrogen-bond acceptors (Lipinski definition) is 2. The van der Waals surface area contributed by atoms with Gasteiger partial charge in [0.25, 0.3) is 5.91 Å². The van der Waals surface area contributed by atoms with Crippen LogP contribution in [0.3, 0.4) is 0 Å². The van der Waals surface area contributed by atoms with Crippen molar-refractivity contribution in [2.24, 2.45) is 5.41 Å². The molecule has 3 nitrogen and oxygen atoms in total. The van der Waals surface area contributed by atoms with E-state index in [1.54, 1.807) is 6.07 Å². The van der Waals surface area contributed by atoms with Crippen LogP contribution in [-0.4, -0.2) is 17.6 Å². The Balaban J connectivity index is 2.15. The molecule has 0 N–H and O–H groups in total. The fourth-order valence-electron chi connectivity index (χ4n) is 1.62. The third kappa shape index (κ3) is 2.60. The molecule has 0 unspecified atom stereocenters. The number of benzene rings is 1. The first-order valence-electron chi connectivity index (χ1n) is 5.29. The summed E-state index contributed by atoms with van der Waals surface area (Å²) in [6, 6.07) is 4.52. The van der Waals surface area contributed by atoms with Gasteiger partial charge in [-0.3, -0.25) is 9.63 Å². The number of halogens is 2. The maximum absolute atomic E-state index is 12.9. The van der Waals surface area contributed by atoms with Crippen molar-refractivity contribution in [3.8, 4) is 0 Å². The van der Waals surface area contributed by atoms with Gasteiger partial charge in [0.05, 0.1) is 18.6 Å². The highest BCUT2D eigenvalue weighted by atomic mass is 127. The molecule has 0 radical (unpaired) electrons. The Hall–Kier alpha value is -0.690. The van der Waals surface area contributed by atoms with Gasteiger partial charge in [-0.1, -0.05) is 6.07 Å². The Morgan fingerprint density at radius 1 is 1.53 bits per heavy atom. The zero-order chi connectivity index (χ0) is 12.6. The zero-order valence-corrected chi connectivity index (χ0v) is 11.8. The predicted molar refractivity (Wildman–Crippen MR) is 69.4 cm³/mol. The SMILES string of the molecule is CC1(C)CON(Cc2ccc(F)cc2I)C1=O. The van der Waals surface area contributed by atoms with E-state index in [0.717, 1.165) is 9.13 Å². The second-order valence-corrected chi connectivity index (χ2v) is 5.90. The second kappa shape index (κ2) is 4.53. The van der Waals surface area contributed by atoms with Gasteiger partial charge in [0.1, 0.15) is 5.82 Å². The van der Waals surface area contributed by atoms with Crippen molar-refractivity contribution in [3.05, 3.63) is 33.1 Å². The first-order valence-corrected chi connectivity index (χ1v) is 6.37. The van der Waals surface area contributed by atoms with Gasteiger partial charge in [-0.2, -0.15) is 0 Å². The number of rotatable bonds is 2. The molecule has 1 aliphatic heterocycles. The van der Waals surface area contributed by atoms with Crippen molar-refractivity contribution in [3.63, 3.8) is 0 Å². The third-order valence-corrected chi connectivity index (χ3v) is 3.72. The van der Waals surface area contributed by atoms with Crippen LogP contribution >= 0.6 is 22.6 Å². The van der Waals surface area contributed by atoms with Crippen LogP contribution in [0.2, 0.25) is 0 Å². The van der Waals surface area contributed by atoms with Gasteiger partial charge in [-0.05, 0) is 54.1 Å². The second-order valence-electron chi connectivity index (χ2n) is 4.73. The molecule has 92 valence electrons. The van der Waals surface area contributed by atoms with Crippen LogP contribution in [0.25, 0.3) is 0 Å². The molecule has 0 bridgehead atoms. The molecule has 1 fully saturated rings. The van der Waals surface area contributed by atoms with E-state index in [1.165, 1.54) is 17.2 Å². The minimum atomic E-state index is -0.467. The standard InChI is InChI=1S/C12H13FINO2/c1-12(2)7-17-15(11(12)16)6-8-3-4-9(13)5-10(8)14/h3-5H,6-7H2,1-2H3. The van der Waals surface area contributed by atoms with Gasteiger partial charge in [-0.25, -0.2) is 9.45 Å². The summed E-state index contributed by atoms with van der Waals surface area (Å²) in [6.45, 7) is 4.46. The summed E-state index contributed by atoms with van der Waals surface area (Å²) >= 11 is 2.05. The van der Waals surface area contributed by atoms with Crippen molar-refractivity contribution in [1.82, 2.24) is 5.06 Å². The first kappa shape index (κ1) is 12.8. The zero-order valence-electron chi connectivity index (χ0n) is 9.67. The Morgan fingerprint density at radius 2 is 2.24 bits per heavy atom. The van der Waals surface area contributed by atoms with Crippen LogP contribution < -0.4 is 0 Å². The summed E-state index contributed by atoms with van der Waals surface area (Å²) in [5.41, 5.74) is 0.420. The molecule has 1 amide bonds. The maximum Gasteiger partial charge on any atom is 0.254 e. The first-order chi connectivity index (χ1) is 7.90. The number of carbonyl (C=O) groups is 1. The Bertz CT molecular complexity index is 462. The van der Waals surface area contributed by atoms with Crippen molar-refractivity contribution in [1.29, 1.82) is 0 Å². The molecule has 0 aromatic heterocycles. The average Bonchev–Trinajstić information content (AvgIpc) is 2.49. The monoisotopic (exact) mass is 349 g/mol. The minimum Gasteiger partial charge on any atom is -0.272 e. The highest BCUT2D eigenvalue weighted by molar-refractivity contribution is 14.1. The van der Waals surface area contributed by atoms with Crippen LogP contribution in [0.5, 0.6) is 0 Å². The summed E-state index contributed by atoms with van der Waals surface area (Å²) in [5.74, 6) is -0.301. The molecular formula is C12H13FINO2. The molecule has 1 aromatic rings. The van der Waals surface area contributed by atoms with Crippen molar-refractivity contribution in [2.75, 3.05) is 6.61 Å². The summed E-state index contributed by atoms with van der Waals surface area (Å²) in [6.07, 6.45) is 0. The number of hydroxylamine groups is 2. The minimum absolute atomic E-state index is 0.0300. The third-order valence-electron chi connectivity index (χ3n) is 2.72. The topological polar surface area (TPSA) is 29.5 Å². The van der Waals surface area contributed by atoms with E-state index >= 15 is 0 Å². The highest BCUT2D eigenvalue weighted by Gasteiger charge is 2.40. The number of nitrogens with zero attached hydrogens (tertiary/aromatic N) is 1. The lowest BCUT2D eigenvalue weighted by Crippen LogP contribution is -2.30. The van der Waals surface area contributed by atoms with Crippen LogP contribution in [0.4, 0.5) is 4.39 Å². The average molecular weight is 349 g/mol. The van der Waals surface area contributed by atoms with E-state index in [2.05, 4.69) is 22.6 Å². The van der Waals surface area contributed by atoms with Crippen LogP contribution in [0.15, 0.2) is 18.2 Å². The van der Waals surface area contributed by atoms with Gasteiger partial charge in [-0.15, -0.1) is 0 Å². The Labute approximate surface area is 113 Å². The molecule has 17 heavy (non-hydrogen) atoms. The van der Waals surface area contributed by atoms with Gasteiger partial charge in [0, 0.05) is 3.57 Å². The van der Waals surface area contributed by atoms with E-state index in [4.69, 9.17) is 4.84 Å². The fourth-order valence-corrected chi connectivity index (χ4v) is 2.27. The van der Waals surface area contributed by atoms with E-state index in [0.29, 0.717) is 13.2 Å². The lowest BCUT2D eigenvalue weighted by molar-refractivity contribution is -0.165. The molecule has 1 aliphatic rings. The van der Waals surface area contributed by atoms with E-state index in [1.807, 2.05) is 13.8 Å². The number of hydrogen-bond donors (Lipinski definition) is 0. The van der Waals surface area contributed by atoms with E-state index in [9.17, 15) is 9.18 Å². The predicted octanol–water partition coefficient (Wildman–Crippen LogP) is 2.73. The summed E-state index contributed by atoms with van der Waals surface area (Å²) in [4.78, 5) is 17.3. The van der Waals surface area contributed by atoms with Crippen LogP contribution in [-0.2, 0) is 16.2 Å². The highest BCUT2D eigenvalue weighted by Crippen LogP contribution is 2.28. The van der Waals surface area contributed by atoms with Crippen LogP contribution in [0, 0.1) is 14.8 Å². The van der Waals surface area contributed by atoms with Crippen LogP contribution in [0.1, 0.15) is 19.4 Å². The normalized spacial score (nSPS) is 18.8. The lowest BCUT2D eigenvalue weighted by Gasteiger charge is -2.17. The Morgan fingerprint density at radius 3 is 2.76 bits per heavy atom. The Kier molecular flexibility index (Phi) is 3.40. The fraction of sp³-hybridized carbons (Fsp3) is 0.417. The quantitative estimate of drug-likeness (QED) is 0.769. The van der Waals surface area contributed by atoms with Gasteiger partial charge < -0.3 is 0 Å². The van der Waals surface area contributed by atoms with Crippen molar-refractivity contribution >= 4 is 28.5 Å². The van der Waals surface area contributed by atoms with Crippen molar-refractivity contribution in [2.45, 2.75) is 20.4 Å². The molecule has 0 spiro atoms. The summed E-state index contributed by atoms with van der Waals surface area (Å²) in [5, 5.41) is 1.36. The van der Waals surface area contributed by atoms with Crippen molar-refractivity contribution < 1.29 is 14.0 Å². The number of carbonyl (C=O) groups excluding carboxylic acids is 1. The molecule has 0 aliphatic carbocycles. The molecule has 2 rings (SSSR count). The van der Waals surface area contributed by atoms with E-state index in [-0.39, 0.29) is 11.7 Å². The largest absolute Gasteiger partial charge is 0.272 e. The van der Waals surface area contributed by atoms with Gasteiger partial charge in [0.15, 0.2) is 0 Å². The molecule has 0 atom stereocenters. The molecule has 0 saturated carbocycles. The molecule has 5 heteroatoms. The molecular weight excluding hydrogens is 336 g/mol. The number of amides is 1. The van der Waals surface area contributed by atoms with E-state index < -0.39 is 5.41 Å². The molecule has 1 saturated heterocycles. The lowest BCUT2D eigenvalue weighted by atomic mass is 9.95. The van der Waals surface area contributed by atoms with Gasteiger partial charge >= 0.3 is 0 Å².